The van der Waals surface area contributed by atoms with Gasteiger partial charge < -0.3 is 20.3 Å². The van der Waals surface area contributed by atoms with E-state index in [9.17, 15) is 14.7 Å². The van der Waals surface area contributed by atoms with Crippen LogP contribution in [-0.4, -0.2) is 37.9 Å². The summed E-state index contributed by atoms with van der Waals surface area (Å²) in [6, 6.07) is 20.0. The molecular weight excluding hydrogens is 466 g/mol. The van der Waals surface area contributed by atoms with Crippen molar-refractivity contribution < 1.29 is 14.7 Å². The predicted molar refractivity (Wildman–Crippen MR) is 143 cm³/mol. The van der Waals surface area contributed by atoms with Gasteiger partial charge in [0.05, 0.1) is 11.4 Å². The van der Waals surface area contributed by atoms with Crippen molar-refractivity contribution in [2.45, 2.75) is 38.0 Å². The Morgan fingerprint density at radius 1 is 1.03 bits per heavy atom. The van der Waals surface area contributed by atoms with Crippen molar-refractivity contribution in [1.82, 2.24) is 19.7 Å². The van der Waals surface area contributed by atoms with Gasteiger partial charge in [-0.2, -0.15) is 9.78 Å². The molecule has 190 valence electrons. The van der Waals surface area contributed by atoms with Gasteiger partial charge in [0.15, 0.2) is 0 Å². The summed E-state index contributed by atoms with van der Waals surface area (Å²) in [7, 11) is 1.80. The first kappa shape index (κ1) is 24.4. The number of rotatable bonds is 7. The number of hydrogen-bond acceptors (Lipinski definition) is 4. The van der Waals surface area contributed by atoms with E-state index in [1.165, 1.54) is 10.7 Å². The first-order valence-electron chi connectivity index (χ1n) is 12.7. The van der Waals surface area contributed by atoms with Crippen molar-refractivity contribution >= 4 is 17.6 Å². The molecule has 0 atom stereocenters. The third-order valence-electron chi connectivity index (χ3n) is 6.94. The summed E-state index contributed by atoms with van der Waals surface area (Å²) in [6.45, 7) is 0.494. The fourth-order valence-electron chi connectivity index (χ4n) is 4.95. The normalized spacial score (nSPS) is 13.5. The molecule has 1 aliphatic carbocycles. The second-order valence-electron chi connectivity index (χ2n) is 9.51. The van der Waals surface area contributed by atoms with Crippen molar-refractivity contribution in [2.24, 2.45) is 7.05 Å². The van der Waals surface area contributed by atoms with Crippen LogP contribution in [0.25, 0.3) is 11.3 Å². The maximum Gasteiger partial charge on any atom is 0.342 e. The Morgan fingerprint density at radius 2 is 1.81 bits per heavy atom. The summed E-state index contributed by atoms with van der Waals surface area (Å²) in [4.78, 5) is 25.9. The molecule has 2 aromatic heterocycles. The average molecular weight is 498 g/mol. The standard InChI is InChI=1S/C29H31N5O3/c1-33-17-7-12-25(33)28(36)31-22-13-14-27(35)23(18-22)24-19-26(21-10-5-6-11-21)34(32-24)29(37)30-16-15-20-8-3-2-4-9-20/h2-4,7-9,12-14,17-19,21,35H,5-6,10-11,15-16H2,1H3,(H,30,37)(H,31,36). The largest absolute Gasteiger partial charge is 0.507 e. The summed E-state index contributed by atoms with van der Waals surface area (Å²) in [6.07, 6.45) is 6.77. The lowest BCUT2D eigenvalue weighted by Crippen LogP contribution is -2.32. The molecular formula is C29H31N5O3. The van der Waals surface area contributed by atoms with E-state index in [2.05, 4.69) is 15.7 Å². The van der Waals surface area contributed by atoms with Crippen LogP contribution < -0.4 is 10.6 Å². The number of aromatic nitrogens is 3. The lowest BCUT2D eigenvalue weighted by Gasteiger charge is -2.12. The molecule has 5 rings (SSSR count). The van der Waals surface area contributed by atoms with Gasteiger partial charge in [0.1, 0.15) is 11.4 Å². The average Bonchev–Trinajstić information content (AvgIpc) is 3.66. The van der Waals surface area contributed by atoms with Crippen LogP contribution in [-0.2, 0) is 13.5 Å². The molecule has 2 aromatic carbocycles. The molecule has 1 aliphatic rings. The zero-order chi connectivity index (χ0) is 25.8. The SMILES string of the molecule is Cn1cccc1C(=O)Nc1ccc(O)c(-c2cc(C3CCCC3)n(C(=O)NCCc3ccccc3)n2)c1. The van der Waals surface area contributed by atoms with Crippen LogP contribution >= 0.6 is 0 Å². The summed E-state index contributed by atoms with van der Waals surface area (Å²) in [5.74, 6) is 0.0200. The number of phenols is 1. The van der Waals surface area contributed by atoms with E-state index < -0.39 is 0 Å². The van der Waals surface area contributed by atoms with Gasteiger partial charge in [-0.3, -0.25) is 4.79 Å². The van der Waals surface area contributed by atoms with E-state index in [1.807, 2.05) is 36.4 Å². The maximum atomic E-state index is 13.2. The molecule has 2 heterocycles. The summed E-state index contributed by atoms with van der Waals surface area (Å²) >= 11 is 0. The number of phenolic OH excluding ortho intramolecular Hbond substituents is 1. The summed E-state index contributed by atoms with van der Waals surface area (Å²) in [5.41, 5.74) is 4.01. The number of carbonyl (C=O) groups is 2. The highest BCUT2D eigenvalue weighted by molar-refractivity contribution is 6.03. The third kappa shape index (κ3) is 5.43. The Kier molecular flexibility index (Phi) is 7.07. The fraction of sp³-hybridized carbons (Fsp3) is 0.276. The predicted octanol–water partition coefficient (Wildman–Crippen LogP) is 5.30. The van der Waals surface area contributed by atoms with E-state index >= 15 is 0 Å². The first-order chi connectivity index (χ1) is 18.0. The molecule has 0 spiro atoms. The minimum atomic E-state index is -0.281. The number of nitrogens with zero attached hydrogens (tertiary/aromatic N) is 3. The zero-order valence-corrected chi connectivity index (χ0v) is 20.9. The summed E-state index contributed by atoms with van der Waals surface area (Å²) in [5, 5.41) is 21.1. The van der Waals surface area contributed by atoms with Crippen molar-refractivity contribution in [1.29, 1.82) is 0 Å². The minimum absolute atomic E-state index is 0.0315. The third-order valence-corrected chi connectivity index (χ3v) is 6.94. The molecule has 4 aromatic rings. The number of aryl methyl sites for hydroxylation is 1. The Balaban J connectivity index is 1.39. The quantitative estimate of drug-likeness (QED) is 0.301. The smallest absolute Gasteiger partial charge is 0.342 e. The molecule has 0 radical (unpaired) electrons. The molecule has 2 amide bonds. The highest BCUT2D eigenvalue weighted by Gasteiger charge is 2.26. The monoisotopic (exact) mass is 497 g/mol. The molecule has 0 aliphatic heterocycles. The second-order valence-corrected chi connectivity index (χ2v) is 9.51. The van der Waals surface area contributed by atoms with E-state index in [0.29, 0.717) is 29.2 Å². The molecule has 1 saturated carbocycles. The topological polar surface area (TPSA) is 101 Å². The lowest BCUT2D eigenvalue weighted by molar-refractivity contribution is 0.101. The molecule has 0 unspecified atom stereocenters. The van der Waals surface area contributed by atoms with Gasteiger partial charge in [-0.1, -0.05) is 43.2 Å². The van der Waals surface area contributed by atoms with Gasteiger partial charge >= 0.3 is 6.03 Å². The van der Waals surface area contributed by atoms with E-state index in [0.717, 1.165) is 43.4 Å². The molecule has 1 fully saturated rings. The molecule has 0 bridgehead atoms. The molecule has 8 nitrogen and oxygen atoms in total. The van der Waals surface area contributed by atoms with Gasteiger partial charge in [-0.15, -0.1) is 0 Å². The Bertz CT molecular complexity index is 1400. The number of aromatic hydroxyl groups is 1. The zero-order valence-electron chi connectivity index (χ0n) is 20.9. The molecule has 8 heteroatoms. The van der Waals surface area contributed by atoms with Gasteiger partial charge in [-0.05, 0) is 61.2 Å². The van der Waals surface area contributed by atoms with Crippen LogP contribution in [0.1, 0.15) is 53.3 Å². The van der Waals surface area contributed by atoms with Crippen LogP contribution in [0.15, 0.2) is 72.9 Å². The van der Waals surface area contributed by atoms with E-state index in [-0.39, 0.29) is 23.6 Å². The maximum absolute atomic E-state index is 13.2. The molecule has 3 N–H and O–H groups in total. The van der Waals surface area contributed by atoms with Crippen LogP contribution in [0.2, 0.25) is 0 Å². The van der Waals surface area contributed by atoms with Crippen molar-refractivity contribution in [2.75, 3.05) is 11.9 Å². The lowest BCUT2D eigenvalue weighted by atomic mass is 10.0. The second kappa shape index (κ2) is 10.7. The van der Waals surface area contributed by atoms with Crippen molar-refractivity contribution in [3.8, 4) is 17.0 Å². The molecule has 37 heavy (non-hydrogen) atoms. The number of anilines is 1. The molecule has 0 saturated heterocycles. The summed E-state index contributed by atoms with van der Waals surface area (Å²) < 4.78 is 3.19. The Morgan fingerprint density at radius 3 is 2.54 bits per heavy atom. The Labute approximate surface area is 215 Å². The number of carbonyl (C=O) groups excluding carboxylic acids is 2. The van der Waals surface area contributed by atoms with Gasteiger partial charge in [0.25, 0.3) is 5.91 Å². The number of amides is 2. The van der Waals surface area contributed by atoms with Crippen molar-refractivity contribution in [3.05, 3.63) is 89.9 Å². The van der Waals surface area contributed by atoms with Gasteiger partial charge in [0, 0.05) is 37.0 Å². The van der Waals surface area contributed by atoms with Gasteiger partial charge in [0.2, 0.25) is 0 Å². The number of hydrogen-bond donors (Lipinski definition) is 3. The van der Waals surface area contributed by atoms with Gasteiger partial charge in [-0.25, -0.2) is 4.79 Å². The minimum Gasteiger partial charge on any atom is -0.507 e. The fourth-order valence-corrected chi connectivity index (χ4v) is 4.95. The number of nitrogens with one attached hydrogen (secondary N) is 2. The van der Waals surface area contributed by atoms with E-state index in [4.69, 9.17) is 0 Å². The van der Waals surface area contributed by atoms with E-state index in [1.54, 1.807) is 42.1 Å². The van der Waals surface area contributed by atoms with Crippen LogP contribution in [0.4, 0.5) is 10.5 Å². The highest BCUT2D eigenvalue weighted by Crippen LogP contribution is 2.38. The van der Waals surface area contributed by atoms with Crippen LogP contribution in [0, 0.1) is 0 Å². The van der Waals surface area contributed by atoms with Crippen LogP contribution in [0.5, 0.6) is 5.75 Å². The van der Waals surface area contributed by atoms with Crippen LogP contribution in [0.3, 0.4) is 0 Å². The van der Waals surface area contributed by atoms with Crippen molar-refractivity contribution in [3.63, 3.8) is 0 Å². The first-order valence-corrected chi connectivity index (χ1v) is 12.7. The highest BCUT2D eigenvalue weighted by atomic mass is 16.3. The Hall–Kier alpha value is -4.33. The number of benzene rings is 2.